The highest BCUT2D eigenvalue weighted by molar-refractivity contribution is 6.31. The maximum absolute atomic E-state index is 12.6. The van der Waals surface area contributed by atoms with Gasteiger partial charge in [0.05, 0.1) is 0 Å². The summed E-state index contributed by atoms with van der Waals surface area (Å²) in [5.74, 6) is 1.36. The quantitative estimate of drug-likeness (QED) is 0.726. The van der Waals surface area contributed by atoms with Gasteiger partial charge in [0.1, 0.15) is 18.1 Å². The molecule has 0 amide bonds. The van der Waals surface area contributed by atoms with Gasteiger partial charge in [0.15, 0.2) is 11.5 Å². The van der Waals surface area contributed by atoms with Crippen molar-refractivity contribution in [3.05, 3.63) is 71.6 Å². The maximum atomic E-state index is 12.6. The van der Waals surface area contributed by atoms with Crippen LogP contribution in [0.15, 0.2) is 59.0 Å². The summed E-state index contributed by atoms with van der Waals surface area (Å²) in [5, 5.41) is 9.55. The second kappa shape index (κ2) is 7.21. The third kappa shape index (κ3) is 3.29. The van der Waals surface area contributed by atoms with E-state index < -0.39 is 0 Å². The third-order valence-electron chi connectivity index (χ3n) is 4.62. The monoisotopic (exact) mass is 361 g/mol. The number of nitrogens with zero attached hydrogens (tertiary/aromatic N) is 1. The predicted octanol–water partition coefficient (Wildman–Crippen LogP) is 4.47. The van der Waals surface area contributed by atoms with Crippen LogP contribution in [0.4, 0.5) is 0 Å². The van der Waals surface area contributed by atoms with Crippen LogP contribution in [0.3, 0.4) is 0 Å². The zero-order valence-electron chi connectivity index (χ0n) is 14.9. The first kappa shape index (κ1) is 17.2. The molecule has 5 nitrogen and oxygen atoms in total. The zero-order chi connectivity index (χ0) is 18.8. The molecule has 0 bridgehead atoms. The minimum atomic E-state index is 0.0725. The highest BCUT2D eigenvalue weighted by Crippen LogP contribution is 2.40. The first-order valence-corrected chi connectivity index (χ1v) is 8.77. The van der Waals surface area contributed by atoms with Gasteiger partial charge in [-0.1, -0.05) is 30.3 Å². The van der Waals surface area contributed by atoms with Crippen LogP contribution in [-0.2, 0) is 16.1 Å². The highest BCUT2D eigenvalue weighted by atomic mass is 16.5. The van der Waals surface area contributed by atoms with E-state index in [9.17, 15) is 9.90 Å². The van der Waals surface area contributed by atoms with E-state index in [1.165, 1.54) is 0 Å². The summed E-state index contributed by atoms with van der Waals surface area (Å²) in [4.78, 5) is 17.3. The van der Waals surface area contributed by atoms with Gasteiger partial charge in [0.25, 0.3) is 0 Å². The van der Waals surface area contributed by atoms with Gasteiger partial charge in [0, 0.05) is 24.7 Å². The van der Waals surface area contributed by atoms with Crippen molar-refractivity contribution in [3.8, 4) is 17.2 Å². The fourth-order valence-electron chi connectivity index (χ4n) is 3.38. The van der Waals surface area contributed by atoms with Gasteiger partial charge in [-0.2, -0.15) is 0 Å². The number of oxazole rings is 1. The van der Waals surface area contributed by atoms with Crippen LogP contribution in [0.5, 0.6) is 5.75 Å². The summed E-state index contributed by atoms with van der Waals surface area (Å²) in [6, 6.07) is 16.3. The molecule has 3 aromatic rings. The van der Waals surface area contributed by atoms with Crippen molar-refractivity contribution < 1.29 is 19.1 Å². The van der Waals surface area contributed by atoms with Crippen LogP contribution < -0.4 is 0 Å². The molecule has 0 radical (unpaired) electrons. The molecule has 27 heavy (non-hydrogen) atoms. The Kier molecular flexibility index (Phi) is 4.60. The Labute approximate surface area is 156 Å². The Hall–Kier alpha value is -3.18. The van der Waals surface area contributed by atoms with E-state index in [1.807, 2.05) is 30.3 Å². The Morgan fingerprint density at radius 3 is 2.48 bits per heavy atom. The predicted molar refractivity (Wildman–Crippen MR) is 102 cm³/mol. The first-order valence-electron chi connectivity index (χ1n) is 8.77. The second-order valence-electron chi connectivity index (χ2n) is 6.41. The smallest absolute Gasteiger partial charge is 0.226 e. The van der Waals surface area contributed by atoms with Crippen LogP contribution in [0.25, 0.3) is 22.6 Å². The Balaban J connectivity index is 1.86. The number of ketones is 1. The third-order valence-corrected chi connectivity index (χ3v) is 4.62. The fourth-order valence-corrected chi connectivity index (χ4v) is 3.38. The van der Waals surface area contributed by atoms with Gasteiger partial charge >= 0.3 is 0 Å². The molecule has 0 atom stereocenters. The molecule has 0 aliphatic heterocycles. The number of phenolic OH excluding ortho intramolecular Hbond substituents is 1. The van der Waals surface area contributed by atoms with Gasteiger partial charge in [-0.3, -0.25) is 4.79 Å². The molecule has 0 saturated carbocycles. The minimum absolute atomic E-state index is 0.0725. The van der Waals surface area contributed by atoms with Crippen LogP contribution in [0.2, 0.25) is 0 Å². The molecular formula is C22H19NO4. The van der Waals surface area contributed by atoms with Crippen molar-refractivity contribution in [2.45, 2.75) is 19.4 Å². The average molecular weight is 361 g/mol. The van der Waals surface area contributed by atoms with Gasteiger partial charge in [-0.15, -0.1) is 0 Å². The average Bonchev–Trinajstić information content (AvgIpc) is 3.27. The Morgan fingerprint density at radius 1 is 1.04 bits per heavy atom. The Morgan fingerprint density at radius 2 is 1.78 bits per heavy atom. The van der Waals surface area contributed by atoms with E-state index >= 15 is 0 Å². The number of benzene rings is 2. The van der Waals surface area contributed by atoms with E-state index in [0.29, 0.717) is 35.8 Å². The summed E-state index contributed by atoms with van der Waals surface area (Å²) in [6.45, 7) is 0.274. The number of aromatic nitrogens is 1. The lowest BCUT2D eigenvalue weighted by Gasteiger charge is -2.06. The standard InChI is InChI=1S/C22H19NO4/c1-26-13-19-21(23-22(27-19)15-5-3-2-4-6-15)17-11-12-18(25)20(17)14-7-9-16(24)10-8-14/h2-10,24H,11-13H2,1H3. The number of carbonyl (C=O) groups is 1. The Bertz CT molecular complexity index is 1000. The molecule has 2 aromatic carbocycles. The second-order valence-corrected chi connectivity index (χ2v) is 6.41. The molecule has 1 aromatic heterocycles. The van der Waals surface area contributed by atoms with Crippen LogP contribution in [0.1, 0.15) is 29.9 Å². The number of rotatable bonds is 5. The maximum Gasteiger partial charge on any atom is 0.226 e. The summed E-state index contributed by atoms with van der Waals surface area (Å²) in [5.41, 5.74) is 3.82. The van der Waals surface area contributed by atoms with Crippen molar-refractivity contribution in [1.29, 1.82) is 0 Å². The molecule has 136 valence electrons. The van der Waals surface area contributed by atoms with E-state index in [0.717, 1.165) is 16.7 Å². The lowest BCUT2D eigenvalue weighted by molar-refractivity contribution is -0.113. The van der Waals surface area contributed by atoms with Gasteiger partial charge in [-0.05, 0) is 41.8 Å². The summed E-state index contributed by atoms with van der Waals surface area (Å²) in [6.07, 6.45) is 1.04. The number of Topliss-reactive ketones (excluding diaryl/α,β-unsaturated/α-hetero) is 1. The highest BCUT2D eigenvalue weighted by Gasteiger charge is 2.29. The number of phenols is 1. The van der Waals surface area contributed by atoms with Crippen molar-refractivity contribution >= 4 is 16.9 Å². The number of ether oxygens (including phenoxy) is 1. The van der Waals surface area contributed by atoms with E-state index in [-0.39, 0.29) is 18.1 Å². The van der Waals surface area contributed by atoms with Crippen molar-refractivity contribution in [1.82, 2.24) is 4.98 Å². The topological polar surface area (TPSA) is 72.6 Å². The normalized spacial score (nSPS) is 14.2. The number of hydrogen-bond acceptors (Lipinski definition) is 5. The van der Waals surface area contributed by atoms with Crippen LogP contribution in [-0.4, -0.2) is 23.0 Å². The summed E-state index contributed by atoms with van der Waals surface area (Å²) < 4.78 is 11.3. The van der Waals surface area contributed by atoms with Gasteiger partial charge < -0.3 is 14.3 Å². The molecule has 1 N–H and O–H groups in total. The molecule has 1 aliphatic rings. The van der Waals surface area contributed by atoms with Crippen LogP contribution >= 0.6 is 0 Å². The van der Waals surface area contributed by atoms with Crippen molar-refractivity contribution in [2.75, 3.05) is 7.11 Å². The summed E-state index contributed by atoms with van der Waals surface area (Å²) >= 11 is 0. The van der Waals surface area contributed by atoms with E-state index in [1.54, 1.807) is 31.4 Å². The molecule has 0 unspecified atom stereocenters. The molecule has 1 aliphatic carbocycles. The molecule has 0 fully saturated rings. The van der Waals surface area contributed by atoms with Crippen LogP contribution in [0, 0.1) is 0 Å². The molecule has 0 spiro atoms. The largest absolute Gasteiger partial charge is 0.508 e. The number of allylic oxidation sites excluding steroid dienone is 2. The molecule has 1 heterocycles. The zero-order valence-corrected chi connectivity index (χ0v) is 14.9. The SMILES string of the molecule is COCc1oc(-c2ccccc2)nc1C1=C(c2ccc(O)cc2)C(=O)CC1. The molecule has 5 heteroatoms. The number of aromatic hydroxyl groups is 1. The molecule has 0 saturated heterocycles. The van der Waals surface area contributed by atoms with Crippen molar-refractivity contribution in [2.24, 2.45) is 0 Å². The first-order chi connectivity index (χ1) is 13.2. The number of methoxy groups -OCH3 is 1. The van der Waals surface area contributed by atoms with Gasteiger partial charge in [0.2, 0.25) is 5.89 Å². The fraction of sp³-hybridized carbons (Fsp3) is 0.182. The number of hydrogen-bond donors (Lipinski definition) is 1. The van der Waals surface area contributed by atoms with Crippen molar-refractivity contribution in [3.63, 3.8) is 0 Å². The lowest BCUT2D eigenvalue weighted by Crippen LogP contribution is -1.97. The number of carbonyl (C=O) groups excluding carboxylic acids is 1. The van der Waals surface area contributed by atoms with E-state index in [2.05, 4.69) is 0 Å². The summed E-state index contributed by atoms with van der Waals surface area (Å²) in [7, 11) is 1.60. The molecular weight excluding hydrogens is 342 g/mol. The van der Waals surface area contributed by atoms with Gasteiger partial charge in [-0.25, -0.2) is 4.98 Å². The molecule has 4 rings (SSSR count). The van der Waals surface area contributed by atoms with E-state index in [4.69, 9.17) is 14.1 Å². The lowest BCUT2D eigenvalue weighted by atomic mass is 9.99. The minimum Gasteiger partial charge on any atom is -0.508 e.